The quantitative estimate of drug-likeness (QED) is 0.463. The molecule has 0 spiro atoms. The highest BCUT2D eigenvalue weighted by Crippen LogP contribution is 1.89. The predicted octanol–water partition coefficient (Wildman–Crippen LogP) is -0.285. The van der Waals surface area contributed by atoms with Crippen LogP contribution in [0.1, 0.15) is 20.8 Å². The van der Waals surface area contributed by atoms with Gasteiger partial charge in [0.05, 0.1) is 6.61 Å². The van der Waals surface area contributed by atoms with Crippen LogP contribution >= 0.6 is 0 Å². The van der Waals surface area contributed by atoms with Crippen molar-refractivity contribution >= 4 is 0 Å². The minimum atomic E-state index is -0.403. The summed E-state index contributed by atoms with van der Waals surface area (Å²) < 4.78 is 0. The minimum Gasteiger partial charge on any atom is -0.397 e. The Morgan fingerprint density at radius 3 is 1.44 bits per heavy atom. The van der Waals surface area contributed by atoms with Crippen molar-refractivity contribution in [1.82, 2.24) is 0 Å². The Labute approximate surface area is 56.5 Å². The van der Waals surface area contributed by atoms with Gasteiger partial charge in [0.1, 0.15) is 0 Å². The molecule has 0 rings (SSSR count). The molecule has 0 amide bonds. The molecule has 0 atom stereocenters. The lowest BCUT2D eigenvalue weighted by atomic mass is 10.1. The normalized spacial score (nSPS) is 10.0. The van der Waals surface area contributed by atoms with Crippen LogP contribution in [0.3, 0.4) is 0 Å². The van der Waals surface area contributed by atoms with Gasteiger partial charge in [0.25, 0.3) is 0 Å². The standard InChI is InChI=1S/C4H11NO.C2H6O/c1-4(2,5)3-6;1-2-3/h6H,3,5H2,1-2H3;3H,2H2,1H3. The number of hydrogen-bond donors (Lipinski definition) is 3. The minimum absolute atomic E-state index is 0.0486. The SMILES string of the molecule is CC(C)(N)CO.CCO. The van der Waals surface area contributed by atoms with Crippen molar-refractivity contribution in [2.75, 3.05) is 13.2 Å². The van der Waals surface area contributed by atoms with Crippen LogP contribution in [0, 0.1) is 0 Å². The summed E-state index contributed by atoms with van der Waals surface area (Å²) in [7, 11) is 0. The van der Waals surface area contributed by atoms with Gasteiger partial charge in [-0.15, -0.1) is 0 Å². The lowest BCUT2D eigenvalue weighted by molar-refractivity contribution is 0.221. The van der Waals surface area contributed by atoms with Gasteiger partial charge >= 0.3 is 0 Å². The number of aliphatic hydroxyl groups is 2. The molecule has 0 aromatic rings. The van der Waals surface area contributed by atoms with Crippen molar-refractivity contribution in [3.05, 3.63) is 0 Å². The highest BCUT2D eigenvalue weighted by molar-refractivity contribution is 4.67. The van der Waals surface area contributed by atoms with E-state index < -0.39 is 5.54 Å². The van der Waals surface area contributed by atoms with Gasteiger partial charge < -0.3 is 15.9 Å². The van der Waals surface area contributed by atoms with E-state index in [1.807, 2.05) is 0 Å². The van der Waals surface area contributed by atoms with Crippen LogP contribution in [-0.2, 0) is 0 Å². The summed E-state index contributed by atoms with van der Waals surface area (Å²) in [4.78, 5) is 0. The van der Waals surface area contributed by atoms with Crippen molar-refractivity contribution in [2.24, 2.45) is 5.73 Å². The molecule has 0 radical (unpaired) electrons. The van der Waals surface area contributed by atoms with Crippen molar-refractivity contribution in [1.29, 1.82) is 0 Å². The molecular formula is C6H17NO2. The van der Waals surface area contributed by atoms with Crippen molar-refractivity contribution < 1.29 is 10.2 Å². The van der Waals surface area contributed by atoms with Gasteiger partial charge in [0, 0.05) is 12.1 Å². The van der Waals surface area contributed by atoms with Crippen LogP contribution in [0.4, 0.5) is 0 Å². The molecule has 0 aliphatic heterocycles. The van der Waals surface area contributed by atoms with E-state index in [0.29, 0.717) is 0 Å². The van der Waals surface area contributed by atoms with Crippen LogP contribution in [0.2, 0.25) is 0 Å². The Bertz CT molecular complexity index is 49.5. The second kappa shape index (κ2) is 6.01. The van der Waals surface area contributed by atoms with Gasteiger partial charge in [0.15, 0.2) is 0 Å². The summed E-state index contributed by atoms with van der Waals surface area (Å²) >= 11 is 0. The van der Waals surface area contributed by atoms with E-state index in [-0.39, 0.29) is 13.2 Å². The molecule has 0 unspecified atom stereocenters. The zero-order valence-electron chi connectivity index (χ0n) is 6.39. The van der Waals surface area contributed by atoms with E-state index in [9.17, 15) is 0 Å². The van der Waals surface area contributed by atoms with Crippen LogP contribution in [-0.4, -0.2) is 29.0 Å². The maximum absolute atomic E-state index is 8.28. The second-order valence-corrected chi connectivity index (χ2v) is 2.46. The van der Waals surface area contributed by atoms with Gasteiger partial charge in [-0.05, 0) is 20.8 Å². The maximum Gasteiger partial charge on any atom is 0.0605 e. The first-order chi connectivity index (χ1) is 3.97. The van der Waals surface area contributed by atoms with Gasteiger partial charge in [-0.25, -0.2) is 0 Å². The van der Waals surface area contributed by atoms with Crippen molar-refractivity contribution in [3.63, 3.8) is 0 Å². The lowest BCUT2D eigenvalue weighted by Crippen LogP contribution is -2.35. The van der Waals surface area contributed by atoms with E-state index in [1.165, 1.54) is 0 Å². The van der Waals surface area contributed by atoms with E-state index in [4.69, 9.17) is 15.9 Å². The zero-order valence-corrected chi connectivity index (χ0v) is 6.39. The highest BCUT2D eigenvalue weighted by atomic mass is 16.3. The molecule has 58 valence electrons. The van der Waals surface area contributed by atoms with E-state index in [1.54, 1.807) is 20.8 Å². The molecule has 0 aliphatic rings. The van der Waals surface area contributed by atoms with Gasteiger partial charge in [-0.3, -0.25) is 0 Å². The Kier molecular flexibility index (Phi) is 7.77. The number of nitrogens with two attached hydrogens (primary N) is 1. The molecule has 0 saturated carbocycles. The first kappa shape index (κ1) is 11.6. The topological polar surface area (TPSA) is 66.5 Å². The first-order valence-corrected chi connectivity index (χ1v) is 2.98. The summed E-state index contributed by atoms with van der Waals surface area (Å²) in [6, 6.07) is 0. The summed E-state index contributed by atoms with van der Waals surface area (Å²) in [5.41, 5.74) is 4.88. The van der Waals surface area contributed by atoms with E-state index in [2.05, 4.69) is 0 Å². The molecule has 0 saturated heterocycles. The number of hydrogen-bond acceptors (Lipinski definition) is 3. The molecule has 3 nitrogen and oxygen atoms in total. The van der Waals surface area contributed by atoms with Gasteiger partial charge in [-0.2, -0.15) is 0 Å². The van der Waals surface area contributed by atoms with Gasteiger partial charge in [0.2, 0.25) is 0 Å². The Morgan fingerprint density at radius 1 is 1.33 bits per heavy atom. The fraction of sp³-hybridized carbons (Fsp3) is 1.00. The summed E-state index contributed by atoms with van der Waals surface area (Å²) in [5.74, 6) is 0. The smallest absolute Gasteiger partial charge is 0.0605 e. The summed E-state index contributed by atoms with van der Waals surface area (Å²) in [6.45, 7) is 5.52. The molecule has 0 fully saturated rings. The number of aliphatic hydroxyl groups excluding tert-OH is 2. The highest BCUT2D eigenvalue weighted by Gasteiger charge is 2.05. The Morgan fingerprint density at radius 2 is 1.44 bits per heavy atom. The van der Waals surface area contributed by atoms with Crippen LogP contribution < -0.4 is 5.73 Å². The molecule has 3 heteroatoms. The zero-order chi connectivity index (χ0) is 7.91. The monoisotopic (exact) mass is 135 g/mol. The molecule has 0 aromatic heterocycles. The second-order valence-electron chi connectivity index (χ2n) is 2.46. The van der Waals surface area contributed by atoms with Gasteiger partial charge in [-0.1, -0.05) is 0 Å². The average molecular weight is 135 g/mol. The molecule has 0 aliphatic carbocycles. The van der Waals surface area contributed by atoms with Crippen molar-refractivity contribution in [3.8, 4) is 0 Å². The van der Waals surface area contributed by atoms with Crippen LogP contribution in [0.15, 0.2) is 0 Å². The van der Waals surface area contributed by atoms with Crippen molar-refractivity contribution in [2.45, 2.75) is 26.3 Å². The van der Waals surface area contributed by atoms with E-state index in [0.717, 1.165) is 0 Å². The number of rotatable bonds is 1. The summed E-state index contributed by atoms with van der Waals surface area (Å²) in [5, 5.41) is 15.8. The van der Waals surface area contributed by atoms with E-state index >= 15 is 0 Å². The lowest BCUT2D eigenvalue weighted by Gasteiger charge is -2.12. The Hall–Kier alpha value is -0.120. The third-order valence-corrected chi connectivity index (χ3v) is 0.408. The molecule has 0 bridgehead atoms. The van der Waals surface area contributed by atoms with Crippen LogP contribution in [0.25, 0.3) is 0 Å². The fourth-order valence-corrected chi connectivity index (χ4v) is 0. The molecular weight excluding hydrogens is 118 g/mol. The molecule has 4 N–H and O–H groups in total. The largest absolute Gasteiger partial charge is 0.397 e. The Balaban J connectivity index is 0. The predicted molar refractivity (Wildman–Crippen MR) is 38.1 cm³/mol. The molecule has 9 heavy (non-hydrogen) atoms. The maximum atomic E-state index is 8.28. The first-order valence-electron chi connectivity index (χ1n) is 2.98. The molecule has 0 aromatic carbocycles. The fourth-order valence-electron chi connectivity index (χ4n) is 0. The van der Waals surface area contributed by atoms with Crippen LogP contribution in [0.5, 0.6) is 0 Å². The third kappa shape index (κ3) is 32.8. The summed E-state index contributed by atoms with van der Waals surface area (Å²) in [6.07, 6.45) is 0. The average Bonchev–Trinajstić information content (AvgIpc) is 1.67. The molecule has 0 heterocycles. The third-order valence-electron chi connectivity index (χ3n) is 0.408.